The van der Waals surface area contributed by atoms with E-state index < -0.39 is 0 Å². The average Bonchev–Trinajstić information content (AvgIpc) is 2.22. The molecule has 0 amide bonds. The molecule has 0 saturated heterocycles. The summed E-state index contributed by atoms with van der Waals surface area (Å²) in [6.45, 7) is 7.36. The smallest absolute Gasteiger partial charge is 0.0701 e. The molecule has 0 heterocycles. The lowest BCUT2D eigenvalue weighted by atomic mass is 9.97. The lowest BCUT2D eigenvalue weighted by Crippen LogP contribution is -2.36. The number of hydrogen-bond donors (Lipinski definition) is 1. The Morgan fingerprint density at radius 1 is 1.00 bits per heavy atom. The highest BCUT2D eigenvalue weighted by atomic mass is 16.5. The molecule has 92 valence electrons. The van der Waals surface area contributed by atoms with Crippen LogP contribution in [0.15, 0.2) is 0 Å². The molecule has 0 bridgehead atoms. The summed E-state index contributed by atoms with van der Waals surface area (Å²) < 4.78 is 15.5. The maximum Gasteiger partial charge on any atom is 0.0701 e. The second kappa shape index (κ2) is 9.09. The van der Waals surface area contributed by atoms with Gasteiger partial charge in [-0.2, -0.15) is 0 Å². The van der Waals surface area contributed by atoms with Crippen molar-refractivity contribution < 1.29 is 14.2 Å². The van der Waals surface area contributed by atoms with Gasteiger partial charge in [-0.1, -0.05) is 6.92 Å². The zero-order valence-corrected chi connectivity index (χ0v) is 10.3. The molecule has 4 heteroatoms. The van der Waals surface area contributed by atoms with Crippen LogP contribution < -0.4 is 5.73 Å². The zero-order valence-electron chi connectivity index (χ0n) is 10.3. The predicted molar refractivity (Wildman–Crippen MR) is 61.0 cm³/mol. The van der Waals surface area contributed by atoms with Gasteiger partial charge in [0, 0.05) is 19.3 Å². The van der Waals surface area contributed by atoms with Gasteiger partial charge in [-0.25, -0.2) is 0 Å². The van der Waals surface area contributed by atoms with E-state index in [1.165, 1.54) is 0 Å². The molecular weight excluding hydrogens is 194 g/mol. The van der Waals surface area contributed by atoms with Crippen LogP contribution in [0.1, 0.15) is 26.7 Å². The van der Waals surface area contributed by atoms with Crippen molar-refractivity contribution in [2.75, 3.05) is 40.1 Å². The van der Waals surface area contributed by atoms with Crippen LogP contribution in [0.2, 0.25) is 0 Å². The molecule has 0 saturated carbocycles. The molecule has 2 N–H and O–H groups in total. The van der Waals surface area contributed by atoms with E-state index in [4.69, 9.17) is 19.9 Å². The molecule has 0 aliphatic rings. The van der Waals surface area contributed by atoms with Crippen molar-refractivity contribution >= 4 is 0 Å². The Kier molecular flexibility index (Phi) is 9.00. The molecule has 15 heavy (non-hydrogen) atoms. The molecule has 0 radical (unpaired) electrons. The summed E-state index contributed by atoms with van der Waals surface area (Å²) in [5, 5.41) is 0. The highest BCUT2D eigenvalue weighted by Crippen LogP contribution is 2.09. The van der Waals surface area contributed by atoms with Gasteiger partial charge < -0.3 is 19.9 Å². The SMILES string of the molecule is CCC(C)(N)CCOCCOCCOC. The fraction of sp³-hybridized carbons (Fsp3) is 1.00. The van der Waals surface area contributed by atoms with Crippen molar-refractivity contribution in [3.63, 3.8) is 0 Å². The van der Waals surface area contributed by atoms with E-state index >= 15 is 0 Å². The number of hydrogen-bond acceptors (Lipinski definition) is 4. The molecule has 0 rings (SSSR count). The molecule has 0 aliphatic heterocycles. The first kappa shape index (κ1) is 14.8. The highest BCUT2D eigenvalue weighted by Gasteiger charge is 2.14. The predicted octanol–water partition coefficient (Wildman–Crippen LogP) is 1.18. The Morgan fingerprint density at radius 2 is 1.53 bits per heavy atom. The van der Waals surface area contributed by atoms with Crippen LogP contribution in [0.5, 0.6) is 0 Å². The Labute approximate surface area is 93.1 Å². The minimum Gasteiger partial charge on any atom is -0.382 e. The second-order valence-electron chi connectivity index (χ2n) is 3.98. The van der Waals surface area contributed by atoms with E-state index in [-0.39, 0.29) is 5.54 Å². The largest absolute Gasteiger partial charge is 0.382 e. The van der Waals surface area contributed by atoms with Crippen molar-refractivity contribution in [1.29, 1.82) is 0 Å². The maximum absolute atomic E-state index is 5.97. The summed E-state index contributed by atoms with van der Waals surface area (Å²) in [6, 6.07) is 0. The van der Waals surface area contributed by atoms with Crippen molar-refractivity contribution in [3.8, 4) is 0 Å². The van der Waals surface area contributed by atoms with E-state index in [1.54, 1.807) is 7.11 Å². The number of rotatable bonds is 10. The first-order valence-corrected chi connectivity index (χ1v) is 5.55. The average molecular weight is 219 g/mol. The summed E-state index contributed by atoms with van der Waals surface area (Å²) >= 11 is 0. The van der Waals surface area contributed by atoms with Crippen molar-refractivity contribution in [2.45, 2.75) is 32.2 Å². The Hall–Kier alpha value is -0.160. The van der Waals surface area contributed by atoms with E-state index in [9.17, 15) is 0 Å². The third-order valence-corrected chi connectivity index (χ3v) is 2.43. The van der Waals surface area contributed by atoms with Gasteiger partial charge in [0.25, 0.3) is 0 Å². The van der Waals surface area contributed by atoms with Crippen molar-refractivity contribution in [2.24, 2.45) is 5.73 Å². The minimum absolute atomic E-state index is 0.100. The number of nitrogens with two attached hydrogens (primary N) is 1. The Balaban J connectivity index is 3.11. The normalized spacial score (nSPS) is 15.2. The molecule has 0 aliphatic carbocycles. The summed E-state index contributed by atoms with van der Waals surface area (Å²) in [6.07, 6.45) is 1.86. The van der Waals surface area contributed by atoms with Crippen LogP contribution in [-0.2, 0) is 14.2 Å². The first-order valence-electron chi connectivity index (χ1n) is 5.55. The fourth-order valence-corrected chi connectivity index (χ4v) is 0.946. The molecule has 0 aromatic rings. The highest BCUT2D eigenvalue weighted by molar-refractivity contribution is 4.75. The molecule has 0 aromatic carbocycles. The number of methoxy groups -OCH3 is 1. The monoisotopic (exact) mass is 219 g/mol. The maximum atomic E-state index is 5.97. The van der Waals surface area contributed by atoms with Crippen molar-refractivity contribution in [1.82, 2.24) is 0 Å². The minimum atomic E-state index is -0.100. The van der Waals surface area contributed by atoms with Gasteiger partial charge in [-0.05, 0) is 19.8 Å². The van der Waals surface area contributed by atoms with Crippen LogP contribution in [0.4, 0.5) is 0 Å². The quantitative estimate of drug-likeness (QED) is 0.561. The van der Waals surface area contributed by atoms with Crippen LogP contribution >= 0.6 is 0 Å². The van der Waals surface area contributed by atoms with Gasteiger partial charge >= 0.3 is 0 Å². The van der Waals surface area contributed by atoms with Crippen LogP contribution in [0.25, 0.3) is 0 Å². The lowest BCUT2D eigenvalue weighted by molar-refractivity contribution is 0.0211. The van der Waals surface area contributed by atoms with Gasteiger partial charge in [0.2, 0.25) is 0 Å². The second-order valence-corrected chi connectivity index (χ2v) is 3.98. The van der Waals surface area contributed by atoms with Crippen LogP contribution in [0.3, 0.4) is 0 Å². The van der Waals surface area contributed by atoms with Gasteiger partial charge in [0.15, 0.2) is 0 Å². The van der Waals surface area contributed by atoms with Gasteiger partial charge in [0.05, 0.1) is 26.4 Å². The van der Waals surface area contributed by atoms with E-state index in [0.29, 0.717) is 33.0 Å². The van der Waals surface area contributed by atoms with Crippen LogP contribution in [-0.4, -0.2) is 45.7 Å². The van der Waals surface area contributed by atoms with Gasteiger partial charge in [-0.3, -0.25) is 0 Å². The summed E-state index contributed by atoms with van der Waals surface area (Å²) in [7, 11) is 1.66. The standard InChI is InChI=1S/C11H25NO3/c1-4-11(2,12)5-6-14-9-10-15-8-7-13-3/h4-10,12H2,1-3H3. The van der Waals surface area contributed by atoms with E-state index in [1.807, 2.05) is 6.92 Å². The first-order chi connectivity index (χ1) is 7.12. The fourth-order valence-electron chi connectivity index (χ4n) is 0.946. The summed E-state index contributed by atoms with van der Waals surface area (Å²) in [5.74, 6) is 0. The molecule has 0 aromatic heterocycles. The van der Waals surface area contributed by atoms with Gasteiger partial charge in [-0.15, -0.1) is 0 Å². The molecule has 0 fully saturated rings. The molecule has 0 spiro atoms. The Bertz CT molecular complexity index is 140. The molecular formula is C11H25NO3. The lowest BCUT2D eigenvalue weighted by Gasteiger charge is -2.22. The molecule has 1 unspecified atom stereocenters. The number of ether oxygens (including phenoxy) is 3. The van der Waals surface area contributed by atoms with Crippen LogP contribution in [0, 0.1) is 0 Å². The third kappa shape index (κ3) is 10.1. The van der Waals surface area contributed by atoms with Crippen molar-refractivity contribution in [3.05, 3.63) is 0 Å². The molecule has 1 atom stereocenters. The molecule has 4 nitrogen and oxygen atoms in total. The van der Waals surface area contributed by atoms with Gasteiger partial charge in [0.1, 0.15) is 0 Å². The topological polar surface area (TPSA) is 53.7 Å². The summed E-state index contributed by atoms with van der Waals surface area (Å²) in [5.41, 5.74) is 5.87. The third-order valence-electron chi connectivity index (χ3n) is 2.43. The zero-order chi connectivity index (χ0) is 11.6. The van der Waals surface area contributed by atoms with E-state index in [0.717, 1.165) is 12.8 Å². The Morgan fingerprint density at radius 3 is 2.07 bits per heavy atom. The summed E-state index contributed by atoms with van der Waals surface area (Å²) in [4.78, 5) is 0. The van der Waals surface area contributed by atoms with E-state index in [2.05, 4.69) is 6.92 Å².